The van der Waals surface area contributed by atoms with Gasteiger partial charge in [-0.25, -0.2) is 0 Å². The largest absolute Gasteiger partial charge is 0.384 e. The fraction of sp³-hybridized carbons (Fsp3) is 0.889. The molecular weight excluding hydrogens is 333 g/mol. The third-order valence-corrected chi connectivity index (χ3v) is 2.83. The molecular formula is C9H6F11O. The Balaban J connectivity index is 3.66. The number of rotatable bonds is 3. The molecule has 0 aromatic carbocycles. The summed E-state index contributed by atoms with van der Waals surface area (Å²) in [5, 5.41) is 0. The van der Waals surface area contributed by atoms with Crippen LogP contribution in [0.1, 0.15) is 6.42 Å². The van der Waals surface area contributed by atoms with Gasteiger partial charge in [-0.05, 0) is 6.42 Å². The zero-order valence-electron chi connectivity index (χ0n) is 9.69. The number of hydrogen-bond donors (Lipinski definition) is 0. The highest BCUT2D eigenvalue weighted by Gasteiger charge is 3.02. The normalized spacial score (nSPS) is 30.9. The minimum absolute atomic E-state index is 0.759. The van der Waals surface area contributed by atoms with Crippen molar-refractivity contribution in [2.24, 2.45) is 0 Å². The Hall–Kier alpha value is -0.810. The van der Waals surface area contributed by atoms with Crippen molar-refractivity contribution in [1.82, 2.24) is 0 Å². The molecule has 0 amide bonds. The molecule has 0 aromatic rings. The standard InChI is InChI=1S/C9H6F11O/c1-2-3-21-9(20)7(16,17)5(12,13)4(10,11)6(14,15)8(9,18)19/h1-3H2. The van der Waals surface area contributed by atoms with E-state index in [-0.39, 0.29) is 0 Å². The minimum Gasteiger partial charge on any atom is -0.336 e. The molecule has 12 heteroatoms. The van der Waals surface area contributed by atoms with Crippen molar-refractivity contribution in [3.05, 3.63) is 6.92 Å². The zero-order chi connectivity index (χ0) is 17.1. The van der Waals surface area contributed by atoms with Crippen molar-refractivity contribution in [1.29, 1.82) is 0 Å². The number of ether oxygens (including phenoxy) is 1. The summed E-state index contributed by atoms with van der Waals surface area (Å²) >= 11 is 0. The van der Waals surface area contributed by atoms with Crippen LogP contribution in [-0.2, 0) is 4.74 Å². The van der Waals surface area contributed by atoms with E-state index in [1.165, 1.54) is 0 Å². The lowest BCUT2D eigenvalue weighted by Gasteiger charge is -2.51. The van der Waals surface area contributed by atoms with E-state index in [0.29, 0.717) is 0 Å². The van der Waals surface area contributed by atoms with Gasteiger partial charge in [0.15, 0.2) is 0 Å². The fourth-order valence-electron chi connectivity index (χ4n) is 1.59. The molecule has 0 aromatic heterocycles. The van der Waals surface area contributed by atoms with E-state index in [1.807, 2.05) is 0 Å². The molecule has 0 unspecified atom stereocenters. The van der Waals surface area contributed by atoms with Crippen molar-refractivity contribution < 1.29 is 53.0 Å². The van der Waals surface area contributed by atoms with Crippen LogP contribution in [0.5, 0.6) is 0 Å². The molecule has 0 bridgehead atoms. The molecule has 0 N–H and O–H groups in total. The SMILES string of the molecule is [CH2]CCOC1(F)C(F)(F)C(F)(F)C(F)(F)C(F)(F)C1(F)F. The summed E-state index contributed by atoms with van der Waals surface area (Å²) in [6.07, 6.45) is -0.759. The maximum Gasteiger partial charge on any atom is 0.384 e. The predicted molar refractivity (Wildman–Crippen MR) is 44.5 cm³/mol. The molecule has 0 atom stereocenters. The summed E-state index contributed by atoms with van der Waals surface area (Å²) in [4.78, 5) is 0. The summed E-state index contributed by atoms with van der Waals surface area (Å²) in [6.45, 7) is 1.28. The summed E-state index contributed by atoms with van der Waals surface area (Å²) < 4.78 is 146. The lowest BCUT2D eigenvalue weighted by Crippen LogP contribution is -2.84. The maximum absolute atomic E-state index is 13.6. The number of halogens is 11. The molecule has 1 nitrogen and oxygen atoms in total. The Morgan fingerprint density at radius 3 is 1.14 bits per heavy atom. The van der Waals surface area contributed by atoms with Gasteiger partial charge in [0.05, 0.1) is 6.61 Å². The van der Waals surface area contributed by atoms with Gasteiger partial charge < -0.3 is 4.74 Å². The molecule has 125 valence electrons. The highest BCUT2D eigenvalue weighted by atomic mass is 19.4. The topological polar surface area (TPSA) is 9.23 Å². The molecule has 1 radical (unpaired) electrons. The van der Waals surface area contributed by atoms with Crippen LogP contribution in [0.2, 0.25) is 0 Å². The van der Waals surface area contributed by atoms with Gasteiger partial charge in [0.1, 0.15) is 0 Å². The van der Waals surface area contributed by atoms with Crippen LogP contribution in [-0.4, -0.2) is 42.1 Å². The first-order valence-corrected chi connectivity index (χ1v) is 5.07. The Bertz CT molecular complexity index is 386. The van der Waals surface area contributed by atoms with Crippen LogP contribution in [0.3, 0.4) is 0 Å². The van der Waals surface area contributed by atoms with E-state index in [0.717, 1.165) is 0 Å². The second-order valence-electron chi connectivity index (χ2n) is 4.17. The lowest BCUT2D eigenvalue weighted by molar-refractivity contribution is -0.524. The molecule has 0 aliphatic heterocycles. The van der Waals surface area contributed by atoms with Gasteiger partial charge in [-0.15, -0.1) is 0 Å². The van der Waals surface area contributed by atoms with E-state index >= 15 is 0 Å². The van der Waals surface area contributed by atoms with Gasteiger partial charge in [-0.3, -0.25) is 0 Å². The summed E-state index contributed by atoms with van der Waals surface area (Å²) in [5.41, 5.74) is 0. The van der Waals surface area contributed by atoms with Crippen LogP contribution in [0.4, 0.5) is 48.3 Å². The predicted octanol–water partition coefficient (Wildman–Crippen LogP) is 4.08. The van der Waals surface area contributed by atoms with Crippen molar-refractivity contribution >= 4 is 0 Å². The molecule has 1 rings (SSSR count). The molecule has 1 fully saturated rings. The second-order valence-corrected chi connectivity index (χ2v) is 4.17. The van der Waals surface area contributed by atoms with Crippen LogP contribution in [0, 0.1) is 6.92 Å². The zero-order valence-corrected chi connectivity index (χ0v) is 9.69. The third-order valence-electron chi connectivity index (χ3n) is 2.83. The van der Waals surface area contributed by atoms with Crippen LogP contribution in [0.25, 0.3) is 0 Å². The quantitative estimate of drug-likeness (QED) is 0.704. The van der Waals surface area contributed by atoms with Gasteiger partial charge in [0.2, 0.25) is 0 Å². The molecule has 0 spiro atoms. The average Bonchev–Trinajstić information content (AvgIpc) is 2.33. The molecule has 0 saturated heterocycles. The Labute approximate surface area is 110 Å². The molecule has 0 heterocycles. The van der Waals surface area contributed by atoms with E-state index in [1.54, 1.807) is 0 Å². The van der Waals surface area contributed by atoms with Crippen molar-refractivity contribution in [3.8, 4) is 0 Å². The maximum atomic E-state index is 13.6. The van der Waals surface area contributed by atoms with Crippen molar-refractivity contribution in [2.45, 2.75) is 41.9 Å². The number of alkyl halides is 11. The highest BCUT2D eigenvalue weighted by molar-refractivity contribution is 5.23. The first-order valence-electron chi connectivity index (χ1n) is 5.07. The van der Waals surface area contributed by atoms with Crippen LogP contribution < -0.4 is 0 Å². The van der Waals surface area contributed by atoms with Crippen LogP contribution in [0.15, 0.2) is 0 Å². The molecule has 1 saturated carbocycles. The first kappa shape index (κ1) is 18.2. The minimum atomic E-state index is -7.21. The smallest absolute Gasteiger partial charge is 0.336 e. The van der Waals surface area contributed by atoms with E-state index in [2.05, 4.69) is 11.7 Å². The molecule has 1 aliphatic rings. The van der Waals surface area contributed by atoms with Gasteiger partial charge in [-0.2, -0.15) is 48.3 Å². The van der Waals surface area contributed by atoms with Crippen molar-refractivity contribution in [3.63, 3.8) is 0 Å². The van der Waals surface area contributed by atoms with Crippen molar-refractivity contribution in [2.75, 3.05) is 6.61 Å². The van der Waals surface area contributed by atoms with Gasteiger partial charge >= 0.3 is 35.5 Å². The van der Waals surface area contributed by atoms with Gasteiger partial charge in [0, 0.05) is 0 Å². The number of hydrogen-bond acceptors (Lipinski definition) is 1. The lowest BCUT2D eigenvalue weighted by atomic mass is 9.78. The Morgan fingerprint density at radius 2 is 0.857 bits per heavy atom. The highest BCUT2D eigenvalue weighted by Crippen LogP contribution is 2.69. The van der Waals surface area contributed by atoms with E-state index in [9.17, 15) is 48.3 Å². The third kappa shape index (κ3) is 1.67. The first-order chi connectivity index (χ1) is 9.06. The molecule has 21 heavy (non-hydrogen) atoms. The molecule has 1 aliphatic carbocycles. The Kier molecular flexibility index (Phi) is 3.78. The van der Waals surface area contributed by atoms with E-state index in [4.69, 9.17) is 0 Å². The van der Waals surface area contributed by atoms with Gasteiger partial charge in [0.25, 0.3) is 0 Å². The van der Waals surface area contributed by atoms with Gasteiger partial charge in [-0.1, -0.05) is 6.92 Å². The summed E-state index contributed by atoms with van der Waals surface area (Å²) in [6, 6.07) is 0. The second kappa shape index (κ2) is 4.35. The monoisotopic (exact) mass is 339 g/mol. The van der Waals surface area contributed by atoms with Crippen LogP contribution >= 0.6 is 0 Å². The van der Waals surface area contributed by atoms with E-state index < -0.39 is 48.5 Å². The summed E-state index contributed by atoms with van der Waals surface area (Å²) in [7, 11) is 0. The average molecular weight is 339 g/mol. The summed E-state index contributed by atoms with van der Waals surface area (Å²) in [5.74, 6) is -41.7. The Morgan fingerprint density at radius 1 is 0.571 bits per heavy atom. The fourth-order valence-corrected chi connectivity index (χ4v) is 1.59.